The van der Waals surface area contributed by atoms with Gasteiger partial charge < -0.3 is 14.4 Å². The number of carbonyl (C=O) groups is 1. The van der Waals surface area contributed by atoms with Gasteiger partial charge in [-0.25, -0.2) is 4.39 Å². The molecule has 28 heavy (non-hydrogen) atoms. The Morgan fingerprint density at radius 2 is 1.82 bits per heavy atom. The normalized spacial score (nSPS) is 18.4. The largest absolute Gasteiger partial charge is 0.493 e. The minimum atomic E-state index is -0.315. The Morgan fingerprint density at radius 3 is 2.61 bits per heavy atom. The third-order valence-electron chi connectivity index (χ3n) is 6.25. The van der Waals surface area contributed by atoms with Crippen LogP contribution in [0.1, 0.15) is 39.9 Å². The number of ether oxygens (including phenoxy) is 2. The Bertz CT molecular complexity index is 869. The fourth-order valence-electron chi connectivity index (χ4n) is 4.70. The molecule has 3 aliphatic rings. The van der Waals surface area contributed by atoms with Crippen LogP contribution in [0.2, 0.25) is 0 Å². The monoisotopic (exact) mass is 381 g/mol. The van der Waals surface area contributed by atoms with E-state index >= 15 is 0 Å². The Morgan fingerprint density at radius 1 is 1.07 bits per heavy atom. The minimum Gasteiger partial charge on any atom is -0.493 e. The minimum absolute atomic E-state index is 0.00308. The summed E-state index contributed by atoms with van der Waals surface area (Å²) in [5.41, 5.74) is 4.50. The van der Waals surface area contributed by atoms with E-state index in [4.69, 9.17) is 9.47 Å². The number of hydrogen-bond donors (Lipinski definition) is 0. The molecule has 2 aromatic rings. The SMILES string of the molecule is O=C(c1ccc(F)cc1)N1CCC(Cc2c3c(cc4c2OCC4)OCC3)CC1. The lowest BCUT2D eigenvalue weighted by Crippen LogP contribution is -2.39. The lowest BCUT2D eigenvalue weighted by atomic mass is 9.86. The Kier molecular flexibility index (Phi) is 4.46. The molecular weight excluding hydrogens is 357 g/mol. The molecule has 146 valence electrons. The van der Waals surface area contributed by atoms with Crippen LogP contribution in [0.4, 0.5) is 4.39 Å². The second kappa shape index (κ2) is 7.12. The van der Waals surface area contributed by atoms with Gasteiger partial charge in [0.15, 0.2) is 0 Å². The maximum Gasteiger partial charge on any atom is 0.253 e. The molecule has 0 unspecified atom stereocenters. The van der Waals surface area contributed by atoms with Gasteiger partial charge in [0.25, 0.3) is 5.91 Å². The molecule has 4 nitrogen and oxygen atoms in total. The van der Waals surface area contributed by atoms with E-state index in [1.165, 1.54) is 28.8 Å². The van der Waals surface area contributed by atoms with Gasteiger partial charge in [-0.3, -0.25) is 4.79 Å². The molecule has 3 aliphatic heterocycles. The van der Waals surface area contributed by atoms with Crippen molar-refractivity contribution in [2.45, 2.75) is 32.1 Å². The smallest absolute Gasteiger partial charge is 0.253 e. The summed E-state index contributed by atoms with van der Waals surface area (Å²) < 4.78 is 24.9. The van der Waals surface area contributed by atoms with E-state index in [9.17, 15) is 9.18 Å². The molecule has 0 atom stereocenters. The zero-order valence-corrected chi connectivity index (χ0v) is 15.9. The first kappa shape index (κ1) is 17.5. The highest BCUT2D eigenvalue weighted by molar-refractivity contribution is 5.94. The first-order chi connectivity index (χ1) is 13.7. The Labute approximate surface area is 164 Å². The van der Waals surface area contributed by atoms with E-state index in [2.05, 4.69) is 6.07 Å². The van der Waals surface area contributed by atoms with Crippen molar-refractivity contribution in [1.82, 2.24) is 4.90 Å². The average Bonchev–Trinajstić information content (AvgIpc) is 3.38. The summed E-state index contributed by atoms with van der Waals surface area (Å²) in [4.78, 5) is 14.5. The summed E-state index contributed by atoms with van der Waals surface area (Å²) in [7, 11) is 0. The van der Waals surface area contributed by atoms with Crippen LogP contribution in [-0.4, -0.2) is 37.1 Å². The zero-order valence-electron chi connectivity index (χ0n) is 15.9. The van der Waals surface area contributed by atoms with Crippen molar-refractivity contribution in [3.63, 3.8) is 0 Å². The van der Waals surface area contributed by atoms with Crippen LogP contribution in [0.5, 0.6) is 11.5 Å². The number of piperidine rings is 1. The Hall–Kier alpha value is -2.56. The molecule has 0 aromatic heterocycles. The number of rotatable bonds is 3. The molecule has 5 rings (SSSR count). The summed E-state index contributed by atoms with van der Waals surface area (Å²) in [5.74, 6) is 2.36. The van der Waals surface area contributed by atoms with E-state index in [-0.39, 0.29) is 11.7 Å². The van der Waals surface area contributed by atoms with Gasteiger partial charge in [0.1, 0.15) is 17.3 Å². The molecule has 0 N–H and O–H groups in total. The molecule has 2 aromatic carbocycles. The van der Waals surface area contributed by atoms with Crippen LogP contribution in [-0.2, 0) is 19.3 Å². The van der Waals surface area contributed by atoms with Crippen molar-refractivity contribution in [3.8, 4) is 11.5 Å². The number of fused-ring (bicyclic) bond motifs is 2. The van der Waals surface area contributed by atoms with Gasteiger partial charge in [-0.05, 0) is 55.5 Å². The van der Waals surface area contributed by atoms with Gasteiger partial charge in [0, 0.05) is 48.2 Å². The van der Waals surface area contributed by atoms with Crippen molar-refractivity contribution in [3.05, 3.63) is 58.4 Å². The molecule has 3 heterocycles. The van der Waals surface area contributed by atoms with Gasteiger partial charge in [0.05, 0.1) is 13.2 Å². The molecule has 1 saturated heterocycles. The number of amides is 1. The molecule has 1 fully saturated rings. The number of likely N-dealkylation sites (tertiary alicyclic amines) is 1. The van der Waals surface area contributed by atoms with Crippen LogP contribution >= 0.6 is 0 Å². The van der Waals surface area contributed by atoms with Crippen LogP contribution in [0.3, 0.4) is 0 Å². The van der Waals surface area contributed by atoms with Crippen molar-refractivity contribution in [2.24, 2.45) is 5.92 Å². The van der Waals surface area contributed by atoms with Crippen molar-refractivity contribution < 1.29 is 18.7 Å². The second-order valence-corrected chi connectivity index (χ2v) is 7.96. The van der Waals surface area contributed by atoms with Crippen molar-refractivity contribution >= 4 is 5.91 Å². The van der Waals surface area contributed by atoms with Gasteiger partial charge in [-0.15, -0.1) is 0 Å². The second-order valence-electron chi connectivity index (χ2n) is 7.96. The van der Waals surface area contributed by atoms with Crippen LogP contribution in [0.15, 0.2) is 30.3 Å². The summed E-state index contributed by atoms with van der Waals surface area (Å²) in [6, 6.07) is 7.99. The molecule has 0 spiro atoms. The van der Waals surface area contributed by atoms with Gasteiger partial charge in [-0.2, -0.15) is 0 Å². The van der Waals surface area contributed by atoms with E-state index in [1.807, 2.05) is 4.90 Å². The Balaban J connectivity index is 1.27. The van der Waals surface area contributed by atoms with E-state index in [0.29, 0.717) is 11.5 Å². The fourth-order valence-corrected chi connectivity index (χ4v) is 4.70. The molecule has 0 aliphatic carbocycles. The molecular formula is C23H24FNO3. The summed E-state index contributed by atoms with van der Waals surface area (Å²) in [6.45, 7) is 3.01. The molecule has 1 amide bonds. The summed E-state index contributed by atoms with van der Waals surface area (Å²) >= 11 is 0. The van der Waals surface area contributed by atoms with Crippen molar-refractivity contribution in [1.29, 1.82) is 0 Å². The number of hydrogen-bond acceptors (Lipinski definition) is 3. The van der Waals surface area contributed by atoms with Crippen LogP contribution in [0, 0.1) is 11.7 Å². The van der Waals surface area contributed by atoms with E-state index in [1.54, 1.807) is 12.1 Å². The maximum atomic E-state index is 13.1. The highest BCUT2D eigenvalue weighted by Gasteiger charge is 2.30. The highest BCUT2D eigenvalue weighted by Crippen LogP contribution is 2.42. The van der Waals surface area contributed by atoms with Crippen molar-refractivity contribution in [2.75, 3.05) is 26.3 Å². The molecule has 0 saturated carbocycles. The number of benzene rings is 2. The third kappa shape index (κ3) is 3.13. The predicted molar refractivity (Wildman–Crippen MR) is 104 cm³/mol. The van der Waals surface area contributed by atoms with Gasteiger partial charge >= 0.3 is 0 Å². The molecule has 0 radical (unpaired) electrons. The maximum absolute atomic E-state index is 13.1. The van der Waals surface area contributed by atoms with Crippen LogP contribution < -0.4 is 9.47 Å². The van der Waals surface area contributed by atoms with Crippen LogP contribution in [0.25, 0.3) is 0 Å². The third-order valence-corrected chi connectivity index (χ3v) is 6.25. The molecule has 5 heteroatoms. The number of halogens is 1. The lowest BCUT2D eigenvalue weighted by Gasteiger charge is -2.32. The first-order valence-electron chi connectivity index (χ1n) is 10.2. The fraction of sp³-hybridized carbons (Fsp3) is 0.435. The quantitative estimate of drug-likeness (QED) is 0.812. The number of nitrogens with zero attached hydrogens (tertiary/aromatic N) is 1. The van der Waals surface area contributed by atoms with E-state index < -0.39 is 0 Å². The standard InChI is InChI=1S/C23H24FNO3/c24-18-3-1-16(2-4-18)23(26)25-9-5-15(6-10-25)13-20-19-8-12-27-21(19)14-17-7-11-28-22(17)20/h1-4,14-15H,5-13H2. The lowest BCUT2D eigenvalue weighted by molar-refractivity contribution is 0.0690. The topological polar surface area (TPSA) is 38.8 Å². The zero-order chi connectivity index (χ0) is 19.1. The molecule has 0 bridgehead atoms. The summed E-state index contributed by atoms with van der Waals surface area (Å²) in [6.07, 6.45) is 4.87. The predicted octanol–water partition coefficient (Wildman–Crippen LogP) is 3.79. The summed E-state index contributed by atoms with van der Waals surface area (Å²) in [5, 5.41) is 0. The van der Waals surface area contributed by atoms with Gasteiger partial charge in [0.2, 0.25) is 0 Å². The first-order valence-corrected chi connectivity index (χ1v) is 10.2. The average molecular weight is 381 g/mol. The highest BCUT2D eigenvalue weighted by atomic mass is 19.1. The van der Waals surface area contributed by atoms with Gasteiger partial charge in [-0.1, -0.05) is 0 Å². The number of carbonyl (C=O) groups excluding carboxylic acids is 1. The van der Waals surface area contributed by atoms with E-state index in [0.717, 1.165) is 69.9 Å².